The summed E-state index contributed by atoms with van der Waals surface area (Å²) in [6, 6.07) is 0. The molecule has 0 amide bonds. The van der Waals surface area contributed by atoms with E-state index in [9.17, 15) is 8.42 Å². The molecule has 4 aliphatic heterocycles. The molecule has 0 spiro atoms. The Labute approximate surface area is 175 Å². The summed E-state index contributed by atoms with van der Waals surface area (Å²) in [5.74, 6) is 3.00. The zero-order valence-corrected chi connectivity index (χ0v) is 18.8. The van der Waals surface area contributed by atoms with Crippen molar-refractivity contribution in [3.8, 4) is 0 Å². The molecule has 4 heterocycles. The zero-order chi connectivity index (χ0) is 19.4. The van der Waals surface area contributed by atoms with E-state index in [1.165, 1.54) is 56.5 Å². The summed E-state index contributed by atoms with van der Waals surface area (Å²) >= 11 is 2.06. The highest BCUT2D eigenvalue weighted by molar-refractivity contribution is 7.99. The molecule has 1 atom stereocenters. The second-order valence-electron chi connectivity index (χ2n) is 8.51. The molecule has 0 aromatic rings. The summed E-state index contributed by atoms with van der Waals surface area (Å²) in [6.07, 6.45) is 9.22. The first-order valence-corrected chi connectivity index (χ1v) is 14.2. The molecule has 1 unspecified atom stereocenters. The van der Waals surface area contributed by atoms with Gasteiger partial charge in [-0.3, -0.25) is 4.90 Å². The first kappa shape index (κ1) is 21.3. The Kier molecular flexibility index (Phi) is 7.57. The van der Waals surface area contributed by atoms with Gasteiger partial charge in [-0.15, -0.1) is 5.12 Å². The van der Waals surface area contributed by atoms with Gasteiger partial charge in [0.25, 0.3) is 0 Å². The number of thioether (sulfide) groups is 1. The van der Waals surface area contributed by atoms with Crippen molar-refractivity contribution in [3.63, 3.8) is 0 Å². The average Bonchev–Trinajstić information content (AvgIpc) is 3.10. The summed E-state index contributed by atoms with van der Waals surface area (Å²) in [6.45, 7) is 6.87. The molecule has 4 rings (SSSR count). The van der Waals surface area contributed by atoms with Gasteiger partial charge in [0.1, 0.15) is 0 Å². The summed E-state index contributed by atoms with van der Waals surface area (Å²) in [4.78, 5) is 2.66. The van der Waals surface area contributed by atoms with Crippen LogP contribution in [0.5, 0.6) is 0 Å². The first-order chi connectivity index (χ1) is 13.6. The molecule has 0 aromatic heterocycles. The molecule has 0 aliphatic carbocycles. The molecule has 4 fully saturated rings. The molecule has 0 bridgehead atoms. The molecule has 0 aromatic carbocycles. The minimum Gasteiger partial charge on any atom is -0.284 e. The Balaban J connectivity index is 1.59. The summed E-state index contributed by atoms with van der Waals surface area (Å²) in [5.41, 5.74) is 0. The molecular weight excluding hydrogens is 394 g/mol. The second-order valence-corrected chi connectivity index (χ2v) is 12.0. The van der Waals surface area contributed by atoms with E-state index in [-0.39, 0.29) is 0 Å². The number of rotatable bonds is 3. The quantitative estimate of drug-likeness (QED) is 0.666. The Morgan fingerprint density at radius 3 is 2.00 bits per heavy atom. The van der Waals surface area contributed by atoms with Gasteiger partial charge in [0, 0.05) is 57.3 Å². The third-order valence-electron chi connectivity index (χ3n) is 6.56. The van der Waals surface area contributed by atoms with E-state index in [0.717, 1.165) is 32.7 Å². The van der Waals surface area contributed by atoms with Crippen molar-refractivity contribution in [1.82, 2.24) is 25.2 Å². The van der Waals surface area contributed by atoms with Crippen LogP contribution in [0.4, 0.5) is 0 Å². The lowest BCUT2D eigenvalue weighted by Gasteiger charge is -2.52. The van der Waals surface area contributed by atoms with Crippen LogP contribution in [0, 0.1) is 0 Å². The van der Waals surface area contributed by atoms with Crippen molar-refractivity contribution in [2.75, 3.05) is 68.8 Å². The average molecular weight is 432 g/mol. The summed E-state index contributed by atoms with van der Waals surface area (Å²) in [5, 5.41) is 9.99. The SMILES string of the molecule is O=S1(=O)CCN(N2C(N3CCSCC3)CCCCN2N2CCCCCC2)CC1. The molecule has 0 saturated carbocycles. The molecule has 28 heavy (non-hydrogen) atoms. The number of sulfone groups is 1. The van der Waals surface area contributed by atoms with Gasteiger partial charge in [0.05, 0.1) is 17.7 Å². The highest BCUT2D eigenvalue weighted by Gasteiger charge is 2.40. The Morgan fingerprint density at radius 2 is 1.32 bits per heavy atom. The van der Waals surface area contributed by atoms with E-state index in [1.807, 2.05) is 0 Å². The maximum absolute atomic E-state index is 12.1. The maximum Gasteiger partial charge on any atom is 0.152 e. The number of hydrogen-bond acceptors (Lipinski definition) is 8. The zero-order valence-electron chi connectivity index (χ0n) is 17.2. The smallest absolute Gasteiger partial charge is 0.152 e. The van der Waals surface area contributed by atoms with E-state index >= 15 is 0 Å². The van der Waals surface area contributed by atoms with Gasteiger partial charge in [0.2, 0.25) is 0 Å². The molecule has 4 aliphatic rings. The van der Waals surface area contributed by atoms with Crippen LogP contribution in [0.25, 0.3) is 0 Å². The molecule has 0 radical (unpaired) electrons. The third-order valence-corrected chi connectivity index (χ3v) is 9.11. The van der Waals surface area contributed by atoms with Crippen LogP contribution >= 0.6 is 11.8 Å². The lowest BCUT2D eigenvalue weighted by molar-refractivity contribution is -0.311. The molecule has 7 nitrogen and oxygen atoms in total. The van der Waals surface area contributed by atoms with Crippen LogP contribution in [-0.4, -0.2) is 109 Å². The predicted octanol–water partition coefficient (Wildman–Crippen LogP) is 1.50. The highest BCUT2D eigenvalue weighted by atomic mass is 32.2. The van der Waals surface area contributed by atoms with Crippen molar-refractivity contribution in [3.05, 3.63) is 0 Å². The highest BCUT2D eigenvalue weighted by Crippen LogP contribution is 2.28. The van der Waals surface area contributed by atoms with Crippen molar-refractivity contribution in [2.45, 2.75) is 51.1 Å². The van der Waals surface area contributed by atoms with Crippen molar-refractivity contribution in [2.24, 2.45) is 0 Å². The summed E-state index contributed by atoms with van der Waals surface area (Å²) in [7, 11) is -2.87. The van der Waals surface area contributed by atoms with E-state index in [4.69, 9.17) is 0 Å². The minimum atomic E-state index is -2.87. The van der Waals surface area contributed by atoms with Crippen LogP contribution in [0.3, 0.4) is 0 Å². The summed E-state index contributed by atoms with van der Waals surface area (Å²) < 4.78 is 24.2. The van der Waals surface area contributed by atoms with Crippen LogP contribution < -0.4 is 0 Å². The van der Waals surface area contributed by atoms with Crippen LogP contribution in [0.1, 0.15) is 44.9 Å². The fourth-order valence-electron chi connectivity index (χ4n) is 4.95. The monoisotopic (exact) mass is 431 g/mol. The predicted molar refractivity (Wildman–Crippen MR) is 115 cm³/mol. The van der Waals surface area contributed by atoms with E-state index < -0.39 is 9.84 Å². The minimum absolute atomic E-state index is 0.292. The molecule has 9 heteroatoms. The fraction of sp³-hybridized carbons (Fsp3) is 1.00. The number of hydrogen-bond donors (Lipinski definition) is 0. The fourth-order valence-corrected chi connectivity index (χ4v) is 7.07. The lowest BCUT2D eigenvalue weighted by Crippen LogP contribution is -2.68. The lowest BCUT2D eigenvalue weighted by atomic mass is 10.2. The second kappa shape index (κ2) is 9.94. The number of hydrazine groups is 3. The van der Waals surface area contributed by atoms with Gasteiger partial charge >= 0.3 is 0 Å². The van der Waals surface area contributed by atoms with Gasteiger partial charge in [-0.25, -0.2) is 18.4 Å². The Bertz CT molecular complexity index is 577. The Hall–Kier alpha value is 0.1000. The maximum atomic E-state index is 12.1. The first-order valence-electron chi connectivity index (χ1n) is 11.2. The molecule has 4 saturated heterocycles. The normalized spacial score (nSPS) is 33.4. The Morgan fingerprint density at radius 1 is 0.679 bits per heavy atom. The van der Waals surface area contributed by atoms with E-state index in [1.54, 1.807) is 0 Å². The van der Waals surface area contributed by atoms with Gasteiger partial charge in [-0.05, 0) is 32.1 Å². The third kappa shape index (κ3) is 5.22. The topological polar surface area (TPSA) is 50.3 Å². The molecular formula is C19H37N5O2S2. The van der Waals surface area contributed by atoms with Gasteiger partial charge < -0.3 is 0 Å². The van der Waals surface area contributed by atoms with Gasteiger partial charge in [0.15, 0.2) is 9.84 Å². The van der Waals surface area contributed by atoms with Crippen molar-refractivity contribution in [1.29, 1.82) is 0 Å². The van der Waals surface area contributed by atoms with Crippen LogP contribution in [0.2, 0.25) is 0 Å². The molecule has 0 N–H and O–H groups in total. The van der Waals surface area contributed by atoms with Crippen LogP contribution in [-0.2, 0) is 9.84 Å². The van der Waals surface area contributed by atoms with Crippen molar-refractivity contribution < 1.29 is 8.42 Å². The van der Waals surface area contributed by atoms with E-state index in [0.29, 0.717) is 30.8 Å². The van der Waals surface area contributed by atoms with Gasteiger partial charge in [-0.1, -0.05) is 12.8 Å². The largest absolute Gasteiger partial charge is 0.284 e. The van der Waals surface area contributed by atoms with Crippen molar-refractivity contribution >= 4 is 21.6 Å². The number of nitrogens with zero attached hydrogens (tertiary/aromatic N) is 5. The standard InChI is InChI=1S/C19H37N5O2S2/c25-28(26)17-13-22(14-18-28)24-19(20-11-15-27-16-12-20)7-3-6-10-23(24)21-8-4-1-2-5-9-21/h19H,1-18H2. The van der Waals surface area contributed by atoms with E-state index in [2.05, 4.69) is 36.9 Å². The van der Waals surface area contributed by atoms with Crippen LogP contribution in [0.15, 0.2) is 0 Å². The van der Waals surface area contributed by atoms with Gasteiger partial charge in [-0.2, -0.15) is 16.9 Å². The molecule has 162 valence electrons.